The van der Waals surface area contributed by atoms with E-state index in [1.165, 1.54) is 12.3 Å². The summed E-state index contributed by atoms with van der Waals surface area (Å²) in [6, 6.07) is 6.34. The number of aryl methyl sites for hydroxylation is 1. The van der Waals surface area contributed by atoms with Gasteiger partial charge in [0.25, 0.3) is 5.91 Å². The van der Waals surface area contributed by atoms with E-state index in [0.29, 0.717) is 5.76 Å². The lowest BCUT2D eigenvalue weighted by molar-refractivity contribution is -0.154. The molecule has 0 aliphatic heterocycles. The van der Waals surface area contributed by atoms with Crippen LogP contribution < -0.4 is 10.5 Å². The highest BCUT2D eigenvalue weighted by Crippen LogP contribution is 2.31. The highest BCUT2D eigenvalue weighted by Gasteiger charge is 2.28. The normalized spacial score (nSPS) is 18.5. The molecule has 2 heterocycles. The molecule has 156 valence electrons. The molecule has 2 N–H and O–H groups in total. The second-order valence-electron chi connectivity index (χ2n) is 6.58. The zero-order chi connectivity index (χ0) is 21.7. The van der Waals surface area contributed by atoms with E-state index < -0.39 is 18.7 Å². The van der Waals surface area contributed by atoms with E-state index in [1.807, 2.05) is 25.2 Å². The van der Waals surface area contributed by atoms with Crippen LogP contribution in [0.4, 0.5) is 13.2 Å². The monoisotopic (exact) mass is 428 g/mol. The third-order valence-electron chi connectivity index (χ3n) is 3.73. The molecule has 9 heteroatoms. The summed E-state index contributed by atoms with van der Waals surface area (Å²) in [7, 11) is 0. The number of halogens is 4. The summed E-state index contributed by atoms with van der Waals surface area (Å²) in [5, 5.41) is 0. The summed E-state index contributed by atoms with van der Waals surface area (Å²) >= 11 is 6.14. The van der Waals surface area contributed by atoms with Gasteiger partial charge in [-0.15, -0.1) is 11.6 Å². The Morgan fingerprint density at radius 2 is 2.07 bits per heavy atom. The molecule has 0 bridgehead atoms. The van der Waals surface area contributed by atoms with Gasteiger partial charge in [-0.1, -0.05) is 24.3 Å². The molecule has 0 radical (unpaired) electrons. The van der Waals surface area contributed by atoms with E-state index >= 15 is 0 Å². The summed E-state index contributed by atoms with van der Waals surface area (Å²) < 4.78 is 44.7. The lowest BCUT2D eigenvalue weighted by atomic mass is 9.96. The lowest BCUT2D eigenvalue weighted by Gasteiger charge is -2.19. The zero-order valence-electron chi connectivity index (χ0n) is 15.8. The number of carbonyl (C=O) groups excluding carboxylic acids is 1. The van der Waals surface area contributed by atoms with Crippen LogP contribution >= 0.6 is 11.6 Å². The smallest absolute Gasteiger partial charge is 0.422 e. The number of ether oxygens (including phenoxy) is 1. The van der Waals surface area contributed by atoms with Crippen molar-refractivity contribution < 1.29 is 27.1 Å². The van der Waals surface area contributed by atoms with E-state index in [-0.39, 0.29) is 16.5 Å². The molecule has 0 spiro atoms. The van der Waals surface area contributed by atoms with Gasteiger partial charge in [0.1, 0.15) is 5.76 Å². The summed E-state index contributed by atoms with van der Waals surface area (Å²) in [4.78, 5) is 14.2. The number of amides is 1. The molecule has 3 rings (SSSR count). The fourth-order valence-corrected chi connectivity index (χ4v) is 2.35. The summed E-state index contributed by atoms with van der Waals surface area (Å²) in [6.07, 6.45) is 3.65. The topological polar surface area (TPSA) is 78.4 Å². The van der Waals surface area contributed by atoms with Crippen LogP contribution in [-0.4, -0.2) is 28.5 Å². The van der Waals surface area contributed by atoms with Gasteiger partial charge in [0.15, 0.2) is 12.4 Å². The van der Waals surface area contributed by atoms with Crippen LogP contribution in [0.1, 0.15) is 35.2 Å². The molecule has 29 heavy (non-hydrogen) atoms. The molecule has 2 aromatic heterocycles. The van der Waals surface area contributed by atoms with Gasteiger partial charge in [0, 0.05) is 17.8 Å². The Balaban J connectivity index is 0.000000212. The third kappa shape index (κ3) is 7.65. The van der Waals surface area contributed by atoms with Gasteiger partial charge >= 0.3 is 6.18 Å². The Hall–Kier alpha value is -2.74. The van der Waals surface area contributed by atoms with Crippen molar-refractivity contribution in [1.29, 1.82) is 0 Å². The molecule has 0 aromatic carbocycles. The van der Waals surface area contributed by atoms with E-state index in [2.05, 4.69) is 9.72 Å². The number of nitrogens with zero attached hydrogens (tertiary/aromatic N) is 1. The second-order valence-corrected chi connectivity index (χ2v) is 7.44. The van der Waals surface area contributed by atoms with Crippen LogP contribution in [0.5, 0.6) is 5.88 Å². The van der Waals surface area contributed by atoms with Crippen LogP contribution in [0.15, 0.2) is 53.1 Å². The number of carbonyl (C=O) groups is 1. The van der Waals surface area contributed by atoms with Gasteiger partial charge in [0.2, 0.25) is 5.88 Å². The van der Waals surface area contributed by atoms with Crippen molar-refractivity contribution in [3.8, 4) is 5.88 Å². The number of furan rings is 1. The Bertz CT molecular complexity index is 900. The van der Waals surface area contributed by atoms with Crippen molar-refractivity contribution >= 4 is 23.1 Å². The number of alkyl halides is 4. The summed E-state index contributed by atoms with van der Waals surface area (Å²) in [5.41, 5.74) is 6.90. The predicted molar refractivity (Wildman–Crippen MR) is 104 cm³/mol. The number of pyridine rings is 1. The molecule has 1 amide bonds. The maximum atomic E-state index is 11.7. The standard InChI is InChI=1S/C12H12ClNO2.C8H8F3NO/c1-12(13)6-4-8(5-7-12)9-2-3-10(16-9)11(14)15;1-6-2-3-7(12-4-6)13-5-8(9,10)11/h2-6H,7H2,1H3,(H2,14,15);2-4H,5H2,1H3. The van der Waals surface area contributed by atoms with Crippen molar-refractivity contribution in [1.82, 2.24) is 4.98 Å². The van der Waals surface area contributed by atoms with Gasteiger partial charge < -0.3 is 14.9 Å². The van der Waals surface area contributed by atoms with Crippen LogP contribution in [0.2, 0.25) is 0 Å². The zero-order valence-corrected chi connectivity index (χ0v) is 16.6. The first kappa shape index (κ1) is 22.5. The van der Waals surface area contributed by atoms with Gasteiger partial charge in [-0.3, -0.25) is 4.79 Å². The highest BCUT2D eigenvalue weighted by molar-refractivity contribution is 6.25. The van der Waals surface area contributed by atoms with E-state index in [9.17, 15) is 18.0 Å². The fraction of sp³-hybridized carbons (Fsp3) is 0.300. The van der Waals surface area contributed by atoms with E-state index in [4.69, 9.17) is 21.8 Å². The molecule has 0 saturated carbocycles. The molecule has 2 aromatic rings. The molecular formula is C20H20ClF3N2O3. The van der Waals surface area contributed by atoms with Crippen LogP contribution in [-0.2, 0) is 0 Å². The van der Waals surface area contributed by atoms with E-state index in [0.717, 1.165) is 17.6 Å². The number of hydrogen-bond donors (Lipinski definition) is 1. The molecule has 1 unspecified atom stereocenters. The van der Waals surface area contributed by atoms with Crippen molar-refractivity contribution in [3.63, 3.8) is 0 Å². The lowest BCUT2D eigenvalue weighted by Crippen LogP contribution is -2.19. The van der Waals surface area contributed by atoms with Gasteiger partial charge in [-0.2, -0.15) is 13.2 Å². The van der Waals surface area contributed by atoms with Crippen LogP contribution in [0.25, 0.3) is 5.57 Å². The molecule has 1 aliphatic rings. The molecule has 0 fully saturated rings. The Labute approximate surface area is 171 Å². The minimum atomic E-state index is -4.31. The molecular weight excluding hydrogens is 409 g/mol. The number of primary amides is 1. The summed E-state index contributed by atoms with van der Waals surface area (Å²) in [6.45, 7) is 2.43. The molecule has 0 saturated heterocycles. The predicted octanol–water partition coefficient (Wildman–Crippen LogP) is 5.05. The first-order chi connectivity index (χ1) is 13.5. The maximum absolute atomic E-state index is 11.7. The second kappa shape index (κ2) is 9.17. The fourth-order valence-electron chi connectivity index (χ4n) is 2.21. The summed E-state index contributed by atoms with van der Waals surface area (Å²) in [5.74, 6) is 0.234. The molecule has 5 nitrogen and oxygen atoms in total. The minimum Gasteiger partial charge on any atom is -0.468 e. The van der Waals surface area contributed by atoms with Crippen LogP contribution in [0.3, 0.4) is 0 Å². The Morgan fingerprint density at radius 3 is 2.55 bits per heavy atom. The minimum absolute atomic E-state index is 0.0112. The Kier molecular flexibility index (Phi) is 7.13. The number of nitrogens with two attached hydrogens (primary N) is 1. The Morgan fingerprint density at radius 1 is 1.34 bits per heavy atom. The molecule has 1 aliphatic carbocycles. The number of rotatable bonds is 4. The van der Waals surface area contributed by atoms with Crippen molar-refractivity contribution in [2.75, 3.05) is 6.61 Å². The number of aromatic nitrogens is 1. The third-order valence-corrected chi connectivity index (χ3v) is 4.01. The molecule has 1 atom stereocenters. The van der Waals surface area contributed by atoms with E-state index in [1.54, 1.807) is 25.1 Å². The van der Waals surface area contributed by atoms with Crippen molar-refractivity contribution in [2.24, 2.45) is 5.73 Å². The van der Waals surface area contributed by atoms with Crippen molar-refractivity contribution in [2.45, 2.75) is 31.3 Å². The SMILES string of the molecule is CC1(Cl)C=CC(c2ccc(C(N)=O)o2)=CC1.Cc1ccc(OCC(F)(F)F)nc1. The first-order valence-electron chi connectivity index (χ1n) is 8.56. The van der Waals surface area contributed by atoms with Crippen LogP contribution in [0, 0.1) is 6.92 Å². The van der Waals surface area contributed by atoms with Gasteiger partial charge in [-0.05, 0) is 38.0 Å². The van der Waals surface area contributed by atoms with Gasteiger partial charge in [0.05, 0.1) is 4.87 Å². The number of hydrogen-bond acceptors (Lipinski definition) is 4. The number of allylic oxidation sites excluding steroid dienone is 4. The first-order valence-corrected chi connectivity index (χ1v) is 8.93. The van der Waals surface area contributed by atoms with Gasteiger partial charge in [-0.25, -0.2) is 4.98 Å². The quantitative estimate of drug-likeness (QED) is 0.691. The maximum Gasteiger partial charge on any atom is 0.422 e. The highest BCUT2D eigenvalue weighted by atomic mass is 35.5. The average molecular weight is 429 g/mol. The largest absolute Gasteiger partial charge is 0.468 e. The average Bonchev–Trinajstić information content (AvgIpc) is 3.11. The van der Waals surface area contributed by atoms with Crippen molar-refractivity contribution in [3.05, 3.63) is 65.8 Å².